The lowest BCUT2D eigenvalue weighted by Crippen LogP contribution is -2.36. The van der Waals surface area contributed by atoms with Gasteiger partial charge in [0.25, 0.3) is 5.91 Å². The van der Waals surface area contributed by atoms with E-state index in [2.05, 4.69) is 19.2 Å². The molecule has 6 nitrogen and oxygen atoms in total. The van der Waals surface area contributed by atoms with Gasteiger partial charge < -0.3 is 20.4 Å². The number of hydrogen-bond donors (Lipinski definition) is 2. The van der Waals surface area contributed by atoms with Crippen molar-refractivity contribution in [2.24, 2.45) is 13.0 Å². The van der Waals surface area contributed by atoms with Crippen molar-refractivity contribution in [3.63, 3.8) is 0 Å². The van der Waals surface area contributed by atoms with Crippen molar-refractivity contribution in [1.82, 2.24) is 9.88 Å². The Balaban J connectivity index is 2.49. The molecule has 0 bridgehead atoms. The van der Waals surface area contributed by atoms with Gasteiger partial charge in [0.1, 0.15) is 5.69 Å². The summed E-state index contributed by atoms with van der Waals surface area (Å²) in [7, 11) is 1.69. The lowest BCUT2D eigenvalue weighted by molar-refractivity contribution is -0.129. The molecule has 1 aromatic rings. The Labute approximate surface area is 119 Å². The summed E-state index contributed by atoms with van der Waals surface area (Å²) in [4.78, 5) is 23.7. The van der Waals surface area contributed by atoms with Gasteiger partial charge in [0.05, 0.1) is 5.69 Å². The van der Waals surface area contributed by atoms with Gasteiger partial charge in [-0.3, -0.25) is 4.79 Å². The number of carbonyl (C=O) groups is 2. The SMILES string of the molecule is CC(C)CCNC(=O)C(C)OC(=O)c1cc(N)cn1C. The molecule has 1 heterocycles. The van der Waals surface area contributed by atoms with Gasteiger partial charge in [0.2, 0.25) is 0 Å². The van der Waals surface area contributed by atoms with E-state index in [1.165, 1.54) is 6.07 Å². The second kappa shape index (κ2) is 6.98. The van der Waals surface area contributed by atoms with Crippen LogP contribution in [0, 0.1) is 5.92 Å². The molecule has 0 aliphatic carbocycles. The van der Waals surface area contributed by atoms with Gasteiger partial charge in [-0.05, 0) is 25.3 Å². The number of aryl methyl sites for hydroxylation is 1. The van der Waals surface area contributed by atoms with Crippen molar-refractivity contribution in [2.75, 3.05) is 12.3 Å². The van der Waals surface area contributed by atoms with Crippen molar-refractivity contribution >= 4 is 17.6 Å². The molecule has 1 rings (SSSR count). The fraction of sp³-hybridized carbons (Fsp3) is 0.571. The normalized spacial score (nSPS) is 12.2. The van der Waals surface area contributed by atoms with Crippen molar-refractivity contribution in [2.45, 2.75) is 33.3 Å². The van der Waals surface area contributed by atoms with Crippen LogP contribution < -0.4 is 11.1 Å². The first kappa shape index (κ1) is 16.1. The zero-order chi connectivity index (χ0) is 15.3. The average Bonchev–Trinajstić information content (AvgIpc) is 2.67. The van der Waals surface area contributed by atoms with Gasteiger partial charge in [-0.25, -0.2) is 4.79 Å². The number of amides is 1. The monoisotopic (exact) mass is 281 g/mol. The van der Waals surface area contributed by atoms with E-state index in [4.69, 9.17) is 10.5 Å². The Bertz CT molecular complexity index is 480. The number of nitrogens with zero attached hydrogens (tertiary/aromatic N) is 1. The van der Waals surface area contributed by atoms with Crippen LogP contribution in [0.25, 0.3) is 0 Å². The van der Waals surface area contributed by atoms with Gasteiger partial charge in [0.15, 0.2) is 6.10 Å². The van der Waals surface area contributed by atoms with E-state index in [9.17, 15) is 9.59 Å². The summed E-state index contributed by atoms with van der Waals surface area (Å²) < 4.78 is 6.69. The molecule has 112 valence electrons. The zero-order valence-corrected chi connectivity index (χ0v) is 12.5. The predicted octanol–water partition coefficient (Wildman–Crippen LogP) is 1.31. The number of nitrogens with two attached hydrogens (primary N) is 1. The van der Waals surface area contributed by atoms with E-state index in [1.807, 2.05) is 0 Å². The first-order chi connectivity index (χ1) is 9.31. The molecule has 1 aromatic heterocycles. The first-order valence-electron chi connectivity index (χ1n) is 6.71. The molecule has 0 spiro atoms. The molecule has 1 unspecified atom stereocenters. The number of anilines is 1. The Morgan fingerprint density at radius 1 is 1.40 bits per heavy atom. The summed E-state index contributed by atoms with van der Waals surface area (Å²) in [6.45, 7) is 6.29. The molecule has 3 N–H and O–H groups in total. The third-order valence-electron chi connectivity index (χ3n) is 2.91. The topological polar surface area (TPSA) is 86.3 Å². The average molecular weight is 281 g/mol. The van der Waals surface area contributed by atoms with Gasteiger partial charge >= 0.3 is 5.97 Å². The molecule has 1 amide bonds. The van der Waals surface area contributed by atoms with Crippen molar-refractivity contribution in [1.29, 1.82) is 0 Å². The molecule has 20 heavy (non-hydrogen) atoms. The number of nitrogens with one attached hydrogen (secondary N) is 1. The predicted molar refractivity (Wildman–Crippen MR) is 77.2 cm³/mol. The maximum absolute atomic E-state index is 11.9. The van der Waals surface area contributed by atoms with E-state index in [0.29, 0.717) is 23.8 Å². The fourth-order valence-corrected chi connectivity index (χ4v) is 1.70. The minimum atomic E-state index is -0.828. The third-order valence-corrected chi connectivity index (χ3v) is 2.91. The molecule has 1 atom stereocenters. The lowest BCUT2D eigenvalue weighted by atomic mass is 10.1. The van der Waals surface area contributed by atoms with Crippen LogP contribution in [0.15, 0.2) is 12.3 Å². The van der Waals surface area contributed by atoms with Crippen LogP contribution >= 0.6 is 0 Å². The summed E-state index contributed by atoms with van der Waals surface area (Å²) in [6, 6.07) is 1.52. The number of hydrogen-bond acceptors (Lipinski definition) is 4. The fourth-order valence-electron chi connectivity index (χ4n) is 1.70. The largest absolute Gasteiger partial charge is 0.448 e. The summed E-state index contributed by atoms with van der Waals surface area (Å²) in [5, 5.41) is 2.74. The van der Waals surface area contributed by atoms with Gasteiger partial charge in [-0.15, -0.1) is 0 Å². The smallest absolute Gasteiger partial charge is 0.355 e. The van der Waals surface area contributed by atoms with Crippen LogP contribution in [-0.4, -0.2) is 29.1 Å². The van der Waals surface area contributed by atoms with Crippen LogP contribution in [-0.2, 0) is 16.6 Å². The number of esters is 1. The van der Waals surface area contributed by atoms with E-state index >= 15 is 0 Å². The van der Waals surface area contributed by atoms with Crippen LogP contribution in [0.2, 0.25) is 0 Å². The molecular weight excluding hydrogens is 258 g/mol. The molecule has 0 aliphatic rings. The quantitative estimate of drug-likeness (QED) is 0.770. The van der Waals surface area contributed by atoms with Crippen molar-refractivity contribution in [3.05, 3.63) is 18.0 Å². The first-order valence-corrected chi connectivity index (χ1v) is 6.71. The summed E-state index contributed by atoms with van der Waals surface area (Å²) in [5.41, 5.74) is 6.40. The lowest BCUT2D eigenvalue weighted by Gasteiger charge is -2.14. The van der Waals surface area contributed by atoms with E-state index in [-0.39, 0.29) is 5.91 Å². The Morgan fingerprint density at radius 2 is 2.05 bits per heavy atom. The number of aromatic nitrogens is 1. The molecular formula is C14H23N3O3. The maximum atomic E-state index is 11.9. The van der Waals surface area contributed by atoms with Gasteiger partial charge in [0, 0.05) is 19.8 Å². The minimum absolute atomic E-state index is 0.291. The molecule has 0 aromatic carbocycles. The molecule has 0 saturated carbocycles. The zero-order valence-electron chi connectivity index (χ0n) is 12.5. The highest BCUT2D eigenvalue weighted by Gasteiger charge is 2.20. The van der Waals surface area contributed by atoms with Crippen LogP contribution in [0.1, 0.15) is 37.7 Å². The standard InChI is InChI=1S/C14H23N3O3/c1-9(2)5-6-16-13(18)10(3)20-14(19)12-7-11(15)8-17(12)4/h7-10H,5-6,15H2,1-4H3,(H,16,18). The summed E-state index contributed by atoms with van der Waals surface area (Å²) in [6.07, 6.45) is 1.68. The number of ether oxygens (including phenoxy) is 1. The molecule has 0 saturated heterocycles. The van der Waals surface area contributed by atoms with Crippen LogP contribution in [0.5, 0.6) is 0 Å². The van der Waals surface area contributed by atoms with Gasteiger partial charge in [-0.1, -0.05) is 13.8 Å². The third kappa shape index (κ3) is 4.60. The highest BCUT2D eigenvalue weighted by atomic mass is 16.5. The van der Waals surface area contributed by atoms with Gasteiger partial charge in [-0.2, -0.15) is 0 Å². The van der Waals surface area contributed by atoms with E-state index in [0.717, 1.165) is 6.42 Å². The second-order valence-electron chi connectivity index (χ2n) is 5.29. The number of nitrogen functional groups attached to an aromatic ring is 1. The number of rotatable bonds is 6. The van der Waals surface area contributed by atoms with Crippen LogP contribution in [0.3, 0.4) is 0 Å². The number of carbonyl (C=O) groups excluding carboxylic acids is 2. The Morgan fingerprint density at radius 3 is 2.55 bits per heavy atom. The minimum Gasteiger partial charge on any atom is -0.448 e. The highest BCUT2D eigenvalue weighted by molar-refractivity contribution is 5.91. The van der Waals surface area contributed by atoms with Crippen molar-refractivity contribution in [3.8, 4) is 0 Å². The van der Waals surface area contributed by atoms with E-state index < -0.39 is 12.1 Å². The molecule has 0 fully saturated rings. The molecule has 6 heteroatoms. The maximum Gasteiger partial charge on any atom is 0.355 e. The van der Waals surface area contributed by atoms with Crippen LogP contribution in [0.4, 0.5) is 5.69 Å². The van der Waals surface area contributed by atoms with Crippen molar-refractivity contribution < 1.29 is 14.3 Å². The second-order valence-corrected chi connectivity index (χ2v) is 5.29. The summed E-state index contributed by atoms with van der Waals surface area (Å²) in [5.74, 6) is -0.337. The molecule has 0 radical (unpaired) electrons. The highest BCUT2D eigenvalue weighted by Crippen LogP contribution is 2.11. The Hall–Kier alpha value is -1.98. The Kier molecular flexibility index (Phi) is 5.61. The molecule has 0 aliphatic heterocycles. The van der Waals surface area contributed by atoms with E-state index in [1.54, 1.807) is 24.7 Å². The summed E-state index contributed by atoms with van der Waals surface area (Å²) >= 11 is 0.